The van der Waals surface area contributed by atoms with Gasteiger partial charge in [-0.1, -0.05) is 19.1 Å². The van der Waals surface area contributed by atoms with Gasteiger partial charge in [-0.05, 0) is 35.4 Å². The van der Waals surface area contributed by atoms with Gasteiger partial charge < -0.3 is 10.1 Å². The zero-order valence-corrected chi connectivity index (χ0v) is 15.7. The smallest absolute Gasteiger partial charge is 0.353 e. The third-order valence-electron chi connectivity index (χ3n) is 4.58. The first-order chi connectivity index (χ1) is 12.8. The molecule has 1 unspecified atom stereocenters. The van der Waals surface area contributed by atoms with Gasteiger partial charge in [-0.2, -0.15) is 0 Å². The molecule has 1 aromatic heterocycles. The largest absolute Gasteiger partial charge is 0.477 e. The molecule has 0 saturated carbocycles. The summed E-state index contributed by atoms with van der Waals surface area (Å²) in [7, 11) is -2.13. The molecule has 8 nitrogen and oxygen atoms in total. The first-order valence-electron chi connectivity index (χ1n) is 8.26. The summed E-state index contributed by atoms with van der Waals surface area (Å²) in [5.41, 5.74) is 2.23. The van der Waals surface area contributed by atoms with Crippen molar-refractivity contribution in [1.82, 2.24) is 15.0 Å². The maximum Gasteiger partial charge on any atom is 0.353 e. The van der Waals surface area contributed by atoms with Crippen molar-refractivity contribution in [3.8, 4) is 0 Å². The summed E-state index contributed by atoms with van der Waals surface area (Å²) in [5.74, 6) is -1.06. The fourth-order valence-corrected chi connectivity index (χ4v) is 3.92. The molecule has 3 N–H and O–H groups in total. The summed E-state index contributed by atoms with van der Waals surface area (Å²) < 4.78 is 23.0. The predicted molar refractivity (Wildman–Crippen MR) is 99.5 cm³/mol. The van der Waals surface area contributed by atoms with Gasteiger partial charge in [-0.15, -0.1) is 0 Å². The van der Waals surface area contributed by atoms with Crippen molar-refractivity contribution in [3.05, 3.63) is 65.6 Å². The normalized spacial score (nSPS) is 18.2. The zero-order chi connectivity index (χ0) is 19.8. The lowest BCUT2D eigenvalue weighted by Gasteiger charge is -2.31. The lowest BCUT2D eigenvalue weighted by molar-refractivity contribution is -0.136. The van der Waals surface area contributed by atoms with Gasteiger partial charge in [-0.25, -0.2) is 23.4 Å². The Bertz CT molecular complexity index is 988. The molecule has 1 aromatic carbocycles. The molecule has 1 aliphatic heterocycles. The Balaban J connectivity index is 2.21. The number of carboxylic acid groups (broad SMARTS) is 1. The summed E-state index contributed by atoms with van der Waals surface area (Å²) in [6.45, 7) is 2.52. The monoisotopic (exact) mass is 388 g/mol. The number of aromatic nitrogens is 1. The third-order valence-corrected chi connectivity index (χ3v) is 5.51. The van der Waals surface area contributed by atoms with Crippen LogP contribution in [0, 0.1) is 0 Å². The van der Waals surface area contributed by atoms with Gasteiger partial charge in [-0.3, -0.25) is 4.98 Å². The lowest BCUT2D eigenvalue weighted by Crippen LogP contribution is -2.37. The number of sulfonamides is 1. The average molecular weight is 388 g/mol. The Kier molecular flexibility index (Phi) is 5.01. The van der Waals surface area contributed by atoms with Crippen molar-refractivity contribution in [2.45, 2.75) is 17.9 Å². The predicted octanol–water partition coefficient (Wildman–Crippen LogP) is 1.45. The molecule has 1 atom stereocenters. The number of rotatable bonds is 5. The van der Waals surface area contributed by atoms with E-state index in [1.165, 1.54) is 12.1 Å². The molecule has 0 fully saturated rings. The molecule has 0 bridgehead atoms. The second kappa shape index (κ2) is 7.10. The highest BCUT2D eigenvalue weighted by Gasteiger charge is 2.40. The van der Waals surface area contributed by atoms with Gasteiger partial charge >= 0.3 is 5.97 Å². The van der Waals surface area contributed by atoms with Crippen molar-refractivity contribution >= 4 is 21.6 Å². The number of nitrogens with two attached hydrogens (primary N) is 1. The van der Waals surface area contributed by atoms with E-state index in [4.69, 9.17) is 5.14 Å². The van der Waals surface area contributed by atoms with Crippen molar-refractivity contribution in [2.24, 2.45) is 5.14 Å². The summed E-state index contributed by atoms with van der Waals surface area (Å²) in [6.07, 6.45) is 3.31. The van der Waals surface area contributed by atoms with E-state index in [0.717, 1.165) is 5.56 Å². The molecule has 0 amide bonds. The van der Waals surface area contributed by atoms with E-state index in [1.807, 2.05) is 24.1 Å². The van der Waals surface area contributed by atoms with Gasteiger partial charge in [0.25, 0.3) is 0 Å². The Morgan fingerprint density at radius 1 is 1.19 bits per heavy atom. The Morgan fingerprint density at radius 2 is 1.78 bits per heavy atom. The topological polar surface area (TPSA) is 117 Å². The zero-order valence-electron chi connectivity index (χ0n) is 14.9. The van der Waals surface area contributed by atoms with Crippen molar-refractivity contribution < 1.29 is 18.3 Å². The number of hydrogen-bond acceptors (Lipinski definition) is 6. The van der Waals surface area contributed by atoms with E-state index in [2.05, 4.69) is 4.98 Å². The molecule has 0 saturated heterocycles. The number of pyridine rings is 1. The molecule has 2 heterocycles. The molecular weight excluding hydrogens is 368 g/mol. The molecule has 2 aromatic rings. The molecule has 142 valence electrons. The number of benzene rings is 1. The highest BCUT2D eigenvalue weighted by atomic mass is 32.2. The quantitative estimate of drug-likeness (QED) is 0.796. The van der Waals surface area contributed by atoms with Gasteiger partial charge in [0.1, 0.15) is 5.70 Å². The Morgan fingerprint density at radius 3 is 2.26 bits per heavy atom. The highest BCUT2D eigenvalue weighted by molar-refractivity contribution is 7.89. The van der Waals surface area contributed by atoms with Gasteiger partial charge in [0.05, 0.1) is 10.9 Å². The first kappa shape index (κ1) is 19.0. The van der Waals surface area contributed by atoms with E-state index in [0.29, 0.717) is 17.7 Å². The average Bonchev–Trinajstić information content (AvgIpc) is 2.94. The van der Waals surface area contributed by atoms with Crippen LogP contribution in [0.25, 0.3) is 5.57 Å². The lowest BCUT2D eigenvalue weighted by atomic mass is 9.92. The fourth-order valence-electron chi connectivity index (χ4n) is 3.41. The number of hydrazine groups is 1. The third kappa shape index (κ3) is 3.44. The summed E-state index contributed by atoms with van der Waals surface area (Å²) in [6, 6.07) is 9.27. The van der Waals surface area contributed by atoms with Crippen LogP contribution in [0.3, 0.4) is 0 Å². The maximum absolute atomic E-state index is 12.0. The van der Waals surface area contributed by atoms with Crippen LogP contribution in [-0.4, -0.2) is 48.1 Å². The molecule has 1 aliphatic rings. The van der Waals surface area contributed by atoms with Crippen LogP contribution in [0.2, 0.25) is 0 Å². The molecule has 3 rings (SSSR count). The van der Waals surface area contributed by atoms with Crippen LogP contribution < -0.4 is 5.14 Å². The minimum Gasteiger partial charge on any atom is -0.477 e. The van der Waals surface area contributed by atoms with E-state index in [9.17, 15) is 18.3 Å². The molecule has 0 aliphatic carbocycles. The number of carbonyl (C=O) groups is 1. The van der Waals surface area contributed by atoms with Gasteiger partial charge in [0.15, 0.2) is 0 Å². The first-order valence-corrected chi connectivity index (χ1v) is 9.81. The minimum absolute atomic E-state index is 0.0251. The van der Waals surface area contributed by atoms with Gasteiger partial charge in [0.2, 0.25) is 10.0 Å². The number of nitrogens with zero attached hydrogens (tertiary/aromatic N) is 3. The number of aliphatic carboxylic acids is 1. The number of hydrogen-bond donors (Lipinski definition) is 2. The number of carboxylic acids is 1. The van der Waals surface area contributed by atoms with Gasteiger partial charge in [0, 0.05) is 31.6 Å². The van der Waals surface area contributed by atoms with Crippen molar-refractivity contribution in [3.63, 3.8) is 0 Å². The Hall–Kier alpha value is -2.75. The van der Waals surface area contributed by atoms with E-state index in [1.54, 1.807) is 36.6 Å². The van der Waals surface area contributed by atoms with E-state index in [-0.39, 0.29) is 16.6 Å². The molecular formula is C18H20N4O4S. The van der Waals surface area contributed by atoms with Crippen molar-refractivity contribution in [2.75, 3.05) is 13.6 Å². The summed E-state index contributed by atoms with van der Waals surface area (Å²) >= 11 is 0. The standard InChI is InChI=1S/C18H20N4O4S/c1-3-22-16(13-8-10-20-11-9-13)15(17(18(23)24)21(22)2)12-4-6-14(7-5-12)27(19,25)26/h4-11,16H,3H2,1-2H3,(H,23,24)(H2,19,25,26). The number of likely N-dealkylation sites (N-methyl/N-ethyl adjacent to an activating group) is 2. The summed E-state index contributed by atoms with van der Waals surface area (Å²) in [4.78, 5) is 16.0. The summed E-state index contributed by atoms with van der Waals surface area (Å²) in [5, 5.41) is 18.5. The SMILES string of the molecule is CCN1C(c2ccncc2)C(c2ccc(S(N)(=O)=O)cc2)=C(C(=O)O)N1C. The van der Waals surface area contributed by atoms with Crippen LogP contribution >= 0.6 is 0 Å². The van der Waals surface area contributed by atoms with E-state index >= 15 is 0 Å². The highest BCUT2D eigenvalue weighted by Crippen LogP contribution is 2.44. The van der Waals surface area contributed by atoms with Crippen LogP contribution in [0.5, 0.6) is 0 Å². The van der Waals surface area contributed by atoms with Crippen LogP contribution in [0.4, 0.5) is 0 Å². The van der Waals surface area contributed by atoms with Crippen molar-refractivity contribution in [1.29, 1.82) is 0 Å². The molecule has 0 spiro atoms. The molecule has 27 heavy (non-hydrogen) atoms. The maximum atomic E-state index is 12.0. The number of primary sulfonamides is 1. The van der Waals surface area contributed by atoms with Crippen LogP contribution in [0.1, 0.15) is 24.1 Å². The molecule has 0 radical (unpaired) electrons. The van der Waals surface area contributed by atoms with Crippen LogP contribution in [0.15, 0.2) is 59.4 Å². The van der Waals surface area contributed by atoms with Crippen LogP contribution in [-0.2, 0) is 14.8 Å². The minimum atomic E-state index is -3.83. The second-order valence-corrected chi connectivity index (χ2v) is 7.66. The second-order valence-electron chi connectivity index (χ2n) is 6.10. The van der Waals surface area contributed by atoms with E-state index < -0.39 is 16.0 Å². The molecule has 9 heteroatoms. The Labute approximate surface area is 157 Å². The fraction of sp³-hybridized carbons (Fsp3) is 0.222.